The zero-order valence-electron chi connectivity index (χ0n) is 15.1. The summed E-state index contributed by atoms with van der Waals surface area (Å²) in [6.07, 6.45) is 4.71. The number of aromatic hydroxyl groups is 1. The summed E-state index contributed by atoms with van der Waals surface area (Å²) in [6, 6.07) is 12.7. The van der Waals surface area contributed by atoms with Gasteiger partial charge in [-0.15, -0.1) is 0 Å². The number of methoxy groups -OCH3 is 1. The predicted molar refractivity (Wildman–Crippen MR) is 101 cm³/mol. The van der Waals surface area contributed by atoms with Gasteiger partial charge in [-0.05, 0) is 42.7 Å². The lowest BCUT2D eigenvalue weighted by atomic mass is 10.1. The molecule has 0 aliphatic heterocycles. The van der Waals surface area contributed by atoms with Crippen LogP contribution in [0.15, 0.2) is 47.6 Å². The van der Waals surface area contributed by atoms with Crippen LogP contribution in [0.1, 0.15) is 30.9 Å². The van der Waals surface area contributed by atoms with E-state index in [0.29, 0.717) is 17.1 Å². The van der Waals surface area contributed by atoms with Gasteiger partial charge >= 0.3 is 0 Å². The standard InChI is InChI=1S/C20H24N2O4/c1-3-4-6-15-9-11-17(12-10-15)26-14-19(23)22-21-13-16-7-5-8-18(25-2)20(16)24/h5,7-13,24H,3-4,6,14H2,1-2H3,(H,22,23)/b21-13-. The Kier molecular flexibility index (Phi) is 7.49. The zero-order chi connectivity index (χ0) is 18.8. The maximum Gasteiger partial charge on any atom is 0.277 e. The summed E-state index contributed by atoms with van der Waals surface area (Å²) in [4.78, 5) is 11.8. The summed E-state index contributed by atoms with van der Waals surface area (Å²) in [7, 11) is 1.46. The molecule has 2 aromatic carbocycles. The molecule has 2 N–H and O–H groups in total. The van der Waals surface area contributed by atoms with Gasteiger partial charge in [-0.1, -0.05) is 31.5 Å². The van der Waals surface area contributed by atoms with Crippen molar-refractivity contribution in [3.05, 3.63) is 53.6 Å². The molecule has 2 aromatic rings. The van der Waals surface area contributed by atoms with E-state index in [1.54, 1.807) is 18.2 Å². The third-order valence-corrected chi connectivity index (χ3v) is 3.76. The van der Waals surface area contributed by atoms with Crippen molar-refractivity contribution in [2.75, 3.05) is 13.7 Å². The molecule has 0 fully saturated rings. The van der Waals surface area contributed by atoms with Crippen molar-refractivity contribution in [3.8, 4) is 17.2 Å². The molecule has 0 radical (unpaired) electrons. The Morgan fingerprint density at radius 2 is 2.00 bits per heavy atom. The Hall–Kier alpha value is -3.02. The summed E-state index contributed by atoms with van der Waals surface area (Å²) in [6.45, 7) is 2.02. The lowest BCUT2D eigenvalue weighted by Crippen LogP contribution is -2.24. The van der Waals surface area contributed by atoms with Crippen LogP contribution >= 0.6 is 0 Å². The quantitative estimate of drug-likeness (QED) is 0.534. The van der Waals surface area contributed by atoms with Gasteiger partial charge in [0.25, 0.3) is 5.91 Å². The van der Waals surface area contributed by atoms with Crippen molar-refractivity contribution < 1.29 is 19.4 Å². The highest BCUT2D eigenvalue weighted by Gasteiger charge is 2.05. The highest BCUT2D eigenvalue weighted by atomic mass is 16.5. The minimum atomic E-state index is -0.390. The SMILES string of the molecule is CCCCc1ccc(OCC(=O)N/N=C\c2cccc(OC)c2O)cc1. The summed E-state index contributed by atoms with van der Waals surface area (Å²) in [5, 5.41) is 13.7. The number of ether oxygens (including phenoxy) is 2. The lowest BCUT2D eigenvalue weighted by Gasteiger charge is -2.07. The molecule has 2 rings (SSSR count). The van der Waals surface area contributed by atoms with Crippen LogP contribution in [-0.2, 0) is 11.2 Å². The first-order valence-corrected chi connectivity index (χ1v) is 8.53. The van der Waals surface area contributed by atoms with E-state index >= 15 is 0 Å². The highest BCUT2D eigenvalue weighted by molar-refractivity contribution is 5.86. The van der Waals surface area contributed by atoms with Gasteiger partial charge in [0.1, 0.15) is 5.75 Å². The molecule has 0 aliphatic carbocycles. The van der Waals surface area contributed by atoms with E-state index < -0.39 is 5.91 Å². The Labute approximate surface area is 153 Å². The van der Waals surface area contributed by atoms with Gasteiger partial charge in [-0.2, -0.15) is 5.10 Å². The monoisotopic (exact) mass is 356 g/mol. The van der Waals surface area contributed by atoms with Crippen molar-refractivity contribution in [1.82, 2.24) is 5.43 Å². The average molecular weight is 356 g/mol. The number of carbonyl (C=O) groups is 1. The third-order valence-electron chi connectivity index (χ3n) is 3.76. The fraction of sp³-hybridized carbons (Fsp3) is 0.300. The number of benzene rings is 2. The van der Waals surface area contributed by atoms with E-state index in [-0.39, 0.29) is 12.4 Å². The van der Waals surface area contributed by atoms with E-state index in [1.165, 1.54) is 18.9 Å². The number of hydrogen-bond donors (Lipinski definition) is 2. The molecule has 26 heavy (non-hydrogen) atoms. The number of phenols is 1. The van der Waals surface area contributed by atoms with Crippen molar-refractivity contribution >= 4 is 12.1 Å². The van der Waals surface area contributed by atoms with Gasteiger partial charge < -0.3 is 14.6 Å². The van der Waals surface area contributed by atoms with Crippen LogP contribution in [0.3, 0.4) is 0 Å². The van der Waals surface area contributed by atoms with Gasteiger partial charge in [0.05, 0.1) is 13.3 Å². The van der Waals surface area contributed by atoms with Crippen LogP contribution in [0.2, 0.25) is 0 Å². The van der Waals surface area contributed by atoms with E-state index in [0.717, 1.165) is 19.3 Å². The maximum absolute atomic E-state index is 11.8. The smallest absolute Gasteiger partial charge is 0.277 e. The molecule has 0 unspecified atom stereocenters. The third kappa shape index (κ3) is 5.81. The minimum absolute atomic E-state index is 0.0348. The van der Waals surface area contributed by atoms with Gasteiger partial charge in [0.2, 0.25) is 0 Å². The first-order valence-electron chi connectivity index (χ1n) is 8.53. The molecule has 0 spiro atoms. The number of carbonyl (C=O) groups excluding carboxylic acids is 1. The van der Waals surface area contributed by atoms with Crippen LogP contribution in [0, 0.1) is 0 Å². The Morgan fingerprint density at radius 1 is 1.23 bits per heavy atom. The number of hydrazone groups is 1. The normalized spacial score (nSPS) is 10.7. The van der Waals surface area contributed by atoms with Crippen LogP contribution < -0.4 is 14.9 Å². The number of nitrogens with zero attached hydrogens (tertiary/aromatic N) is 1. The number of nitrogens with one attached hydrogen (secondary N) is 1. The number of unbranched alkanes of at least 4 members (excludes halogenated alkanes) is 1. The molecular formula is C20H24N2O4. The first kappa shape index (κ1) is 19.3. The molecule has 6 nitrogen and oxygen atoms in total. The predicted octanol–water partition coefficient (Wildman–Crippen LogP) is 3.27. The summed E-state index contributed by atoms with van der Waals surface area (Å²) >= 11 is 0. The maximum atomic E-state index is 11.8. The summed E-state index contributed by atoms with van der Waals surface area (Å²) in [5.74, 6) is 0.548. The van der Waals surface area contributed by atoms with Gasteiger partial charge in [0.15, 0.2) is 18.1 Å². The Balaban J connectivity index is 1.80. The summed E-state index contributed by atoms with van der Waals surface area (Å²) < 4.78 is 10.4. The molecule has 138 valence electrons. The van der Waals surface area contributed by atoms with Crippen LogP contribution in [-0.4, -0.2) is 30.9 Å². The Morgan fingerprint density at radius 3 is 2.69 bits per heavy atom. The summed E-state index contributed by atoms with van der Waals surface area (Å²) in [5.41, 5.74) is 4.05. The second-order valence-corrected chi connectivity index (χ2v) is 5.73. The molecule has 0 bridgehead atoms. The molecule has 1 amide bonds. The molecule has 0 saturated carbocycles. The number of para-hydroxylation sites is 1. The van der Waals surface area contributed by atoms with Crippen molar-refractivity contribution in [2.45, 2.75) is 26.2 Å². The molecule has 0 aromatic heterocycles. The molecule has 6 heteroatoms. The van der Waals surface area contributed by atoms with Crippen molar-refractivity contribution in [1.29, 1.82) is 0 Å². The molecular weight excluding hydrogens is 332 g/mol. The largest absolute Gasteiger partial charge is 0.504 e. The lowest BCUT2D eigenvalue weighted by molar-refractivity contribution is -0.123. The fourth-order valence-corrected chi connectivity index (χ4v) is 2.30. The fourth-order valence-electron chi connectivity index (χ4n) is 2.30. The molecule has 0 atom stereocenters. The molecule has 0 heterocycles. The first-order chi connectivity index (χ1) is 12.6. The van der Waals surface area contributed by atoms with Gasteiger partial charge in [-0.25, -0.2) is 5.43 Å². The van der Waals surface area contributed by atoms with Gasteiger partial charge in [-0.3, -0.25) is 4.79 Å². The van der Waals surface area contributed by atoms with Crippen molar-refractivity contribution in [2.24, 2.45) is 5.10 Å². The van der Waals surface area contributed by atoms with E-state index in [4.69, 9.17) is 9.47 Å². The van der Waals surface area contributed by atoms with Crippen LogP contribution in [0.4, 0.5) is 0 Å². The average Bonchev–Trinajstić information content (AvgIpc) is 2.67. The number of hydrogen-bond acceptors (Lipinski definition) is 5. The molecule has 0 aliphatic rings. The topological polar surface area (TPSA) is 80.2 Å². The minimum Gasteiger partial charge on any atom is -0.504 e. The number of aryl methyl sites for hydroxylation is 1. The van der Waals surface area contributed by atoms with Crippen LogP contribution in [0.5, 0.6) is 17.2 Å². The van der Waals surface area contributed by atoms with E-state index in [9.17, 15) is 9.90 Å². The Bertz CT molecular complexity index is 742. The van der Waals surface area contributed by atoms with Crippen molar-refractivity contribution in [3.63, 3.8) is 0 Å². The zero-order valence-corrected chi connectivity index (χ0v) is 15.1. The van der Waals surface area contributed by atoms with Gasteiger partial charge in [0, 0.05) is 5.56 Å². The number of amides is 1. The number of rotatable bonds is 9. The number of phenolic OH excluding ortho intramolecular Hbond substituents is 1. The molecule has 0 saturated heterocycles. The second kappa shape index (κ2) is 10.1. The van der Waals surface area contributed by atoms with E-state index in [1.807, 2.05) is 24.3 Å². The van der Waals surface area contributed by atoms with Crippen LogP contribution in [0.25, 0.3) is 0 Å². The van der Waals surface area contributed by atoms with E-state index in [2.05, 4.69) is 17.5 Å². The second-order valence-electron chi connectivity index (χ2n) is 5.73. The highest BCUT2D eigenvalue weighted by Crippen LogP contribution is 2.27.